The fourth-order valence-corrected chi connectivity index (χ4v) is 2.98. The lowest BCUT2D eigenvalue weighted by Crippen LogP contribution is -2.24. The van der Waals surface area contributed by atoms with Crippen LogP contribution in [0.2, 0.25) is 0 Å². The molecule has 0 aliphatic rings. The number of hydrogen-bond acceptors (Lipinski definition) is 4. The summed E-state index contributed by atoms with van der Waals surface area (Å²) >= 11 is 0. The van der Waals surface area contributed by atoms with Crippen LogP contribution in [0.5, 0.6) is 5.75 Å². The van der Waals surface area contributed by atoms with E-state index in [1.165, 1.54) is 24.3 Å². The van der Waals surface area contributed by atoms with Crippen molar-refractivity contribution in [1.29, 1.82) is 0 Å². The van der Waals surface area contributed by atoms with Crippen LogP contribution in [0, 0.1) is 0 Å². The van der Waals surface area contributed by atoms with Gasteiger partial charge in [0.25, 0.3) is 5.91 Å². The summed E-state index contributed by atoms with van der Waals surface area (Å²) in [5.41, 5.74) is 0.825. The van der Waals surface area contributed by atoms with Crippen LogP contribution in [0.1, 0.15) is 10.4 Å². The van der Waals surface area contributed by atoms with Crippen molar-refractivity contribution in [1.82, 2.24) is 4.72 Å². The third kappa shape index (κ3) is 4.43. The quantitative estimate of drug-likeness (QED) is 0.754. The summed E-state index contributed by atoms with van der Waals surface area (Å²) in [6, 6.07) is 12.6. The van der Waals surface area contributed by atoms with Crippen LogP contribution in [-0.4, -0.2) is 28.0 Å². The maximum atomic E-state index is 12.3. The number of amides is 1. The molecule has 2 N–H and O–H groups in total. The van der Waals surface area contributed by atoms with Crippen LogP contribution in [0.3, 0.4) is 0 Å². The maximum absolute atomic E-state index is 12.3. The van der Waals surface area contributed by atoms with Crippen LogP contribution in [0.4, 0.5) is 5.69 Å². The Balaban J connectivity index is 2.17. The van der Waals surface area contributed by atoms with Gasteiger partial charge in [0.2, 0.25) is 10.0 Å². The Morgan fingerprint density at radius 3 is 2.54 bits per heavy atom. The molecule has 6 nitrogen and oxygen atoms in total. The molecule has 0 radical (unpaired) electrons. The summed E-state index contributed by atoms with van der Waals surface area (Å²) in [6.07, 6.45) is 1.44. The number of rotatable bonds is 7. The van der Waals surface area contributed by atoms with E-state index in [9.17, 15) is 13.2 Å². The van der Waals surface area contributed by atoms with E-state index >= 15 is 0 Å². The lowest BCUT2D eigenvalue weighted by Gasteiger charge is -2.08. The van der Waals surface area contributed by atoms with Crippen LogP contribution in [0.25, 0.3) is 0 Å². The van der Waals surface area contributed by atoms with E-state index in [2.05, 4.69) is 16.6 Å². The van der Waals surface area contributed by atoms with Gasteiger partial charge in [0.05, 0.1) is 12.0 Å². The Morgan fingerprint density at radius 2 is 1.92 bits per heavy atom. The van der Waals surface area contributed by atoms with Gasteiger partial charge < -0.3 is 10.1 Å². The molecule has 0 aromatic heterocycles. The zero-order chi connectivity index (χ0) is 17.6. The topological polar surface area (TPSA) is 84.5 Å². The highest BCUT2D eigenvalue weighted by Crippen LogP contribution is 2.17. The third-order valence-corrected chi connectivity index (χ3v) is 4.59. The highest BCUT2D eigenvalue weighted by Gasteiger charge is 2.15. The smallest absolute Gasteiger partial charge is 0.255 e. The van der Waals surface area contributed by atoms with Gasteiger partial charge in [-0.1, -0.05) is 12.1 Å². The number of hydrogen-bond donors (Lipinski definition) is 2. The second-order valence-electron chi connectivity index (χ2n) is 4.85. The number of benzene rings is 2. The molecule has 0 heterocycles. The van der Waals surface area contributed by atoms with E-state index in [4.69, 9.17) is 4.74 Å². The first-order valence-corrected chi connectivity index (χ1v) is 8.60. The van der Waals surface area contributed by atoms with E-state index < -0.39 is 15.9 Å². The molecule has 126 valence electrons. The molecule has 0 atom stereocenters. The van der Waals surface area contributed by atoms with Crippen LogP contribution in [0.15, 0.2) is 66.1 Å². The van der Waals surface area contributed by atoms with Gasteiger partial charge in [0, 0.05) is 17.8 Å². The fraction of sp³-hybridized carbons (Fsp3) is 0.118. The Morgan fingerprint density at radius 1 is 1.21 bits per heavy atom. The number of methoxy groups -OCH3 is 1. The average Bonchev–Trinajstić information content (AvgIpc) is 2.61. The molecule has 2 aromatic rings. The first-order chi connectivity index (χ1) is 11.5. The maximum Gasteiger partial charge on any atom is 0.255 e. The zero-order valence-corrected chi connectivity index (χ0v) is 14.0. The largest absolute Gasteiger partial charge is 0.497 e. The van der Waals surface area contributed by atoms with Crippen molar-refractivity contribution in [2.45, 2.75) is 4.90 Å². The molecule has 0 bridgehead atoms. The first kappa shape index (κ1) is 17.7. The molecule has 0 saturated heterocycles. The van der Waals surface area contributed by atoms with Crippen molar-refractivity contribution in [3.63, 3.8) is 0 Å². The van der Waals surface area contributed by atoms with Gasteiger partial charge in [-0.3, -0.25) is 4.79 Å². The summed E-state index contributed by atoms with van der Waals surface area (Å²) in [4.78, 5) is 12.3. The Kier molecular flexibility index (Phi) is 5.73. The molecule has 24 heavy (non-hydrogen) atoms. The van der Waals surface area contributed by atoms with E-state index in [-0.39, 0.29) is 17.0 Å². The van der Waals surface area contributed by atoms with E-state index in [0.717, 1.165) is 0 Å². The molecular formula is C17H18N2O4S. The third-order valence-electron chi connectivity index (χ3n) is 3.17. The number of nitrogens with one attached hydrogen (secondary N) is 2. The molecular weight excluding hydrogens is 328 g/mol. The Hall–Kier alpha value is -2.64. The number of anilines is 1. The number of ether oxygens (including phenoxy) is 1. The highest BCUT2D eigenvalue weighted by atomic mass is 32.2. The molecule has 7 heteroatoms. The summed E-state index contributed by atoms with van der Waals surface area (Å²) in [5.74, 6) is 0.273. The Labute approximate surface area is 141 Å². The van der Waals surface area contributed by atoms with Gasteiger partial charge in [-0.2, -0.15) is 0 Å². The molecule has 0 fully saturated rings. The van der Waals surface area contributed by atoms with Gasteiger partial charge in [-0.15, -0.1) is 6.58 Å². The molecule has 2 aromatic carbocycles. The summed E-state index contributed by atoms with van der Waals surface area (Å²) < 4.78 is 31.6. The molecule has 2 rings (SSSR count). The summed E-state index contributed by atoms with van der Waals surface area (Å²) in [5, 5.41) is 2.71. The Bertz CT molecular complexity index is 830. The van der Waals surface area contributed by atoms with Crippen molar-refractivity contribution in [3.8, 4) is 5.75 Å². The second kappa shape index (κ2) is 7.76. The first-order valence-electron chi connectivity index (χ1n) is 7.12. The van der Waals surface area contributed by atoms with E-state index in [1.54, 1.807) is 37.4 Å². The molecule has 0 spiro atoms. The van der Waals surface area contributed by atoms with Crippen LogP contribution in [-0.2, 0) is 10.0 Å². The minimum atomic E-state index is -3.68. The van der Waals surface area contributed by atoms with Gasteiger partial charge >= 0.3 is 0 Å². The zero-order valence-electron chi connectivity index (χ0n) is 13.2. The monoisotopic (exact) mass is 346 g/mol. The molecule has 0 aliphatic carbocycles. The summed E-state index contributed by atoms with van der Waals surface area (Å²) in [6.45, 7) is 3.58. The van der Waals surface area contributed by atoms with Crippen molar-refractivity contribution in [3.05, 3.63) is 66.7 Å². The highest BCUT2D eigenvalue weighted by molar-refractivity contribution is 7.89. The van der Waals surface area contributed by atoms with Crippen molar-refractivity contribution in [2.24, 2.45) is 0 Å². The second-order valence-corrected chi connectivity index (χ2v) is 6.62. The lowest BCUT2D eigenvalue weighted by molar-refractivity contribution is 0.102. The SMILES string of the molecule is C=CCNS(=O)(=O)c1cccc(C(=O)Nc2ccc(OC)cc2)c1. The van der Waals surface area contributed by atoms with Crippen molar-refractivity contribution < 1.29 is 17.9 Å². The van der Waals surface area contributed by atoms with E-state index in [1.807, 2.05) is 0 Å². The number of carbonyl (C=O) groups is 1. The van der Waals surface area contributed by atoms with Gasteiger partial charge in [-0.05, 0) is 42.5 Å². The van der Waals surface area contributed by atoms with Gasteiger partial charge in [0.1, 0.15) is 5.75 Å². The number of sulfonamides is 1. The van der Waals surface area contributed by atoms with Crippen molar-refractivity contribution in [2.75, 3.05) is 19.0 Å². The molecule has 0 aliphatic heterocycles. The molecule has 0 unspecified atom stereocenters. The van der Waals surface area contributed by atoms with Gasteiger partial charge in [0.15, 0.2) is 0 Å². The van der Waals surface area contributed by atoms with Crippen LogP contribution < -0.4 is 14.8 Å². The van der Waals surface area contributed by atoms with E-state index in [0.29, 0.717) is 11.4 Å². The minimum absolute atomic E-state index is 0.0201. The fourth-order valence-electron chi connectivity index (χ4n) is 1.93. The van der Waals surface area contributed by atoms with Gasteiger partial charge in [-0.25, -0.2) is 13.1 Å². The normalized spacial score (nSPS) is 10.9. The summed E-state index contributed by atoms with van der Waals surface area (Å²) in [7, 11) is -2.12. The number of carbonyl (C=O) groups excluding carboxylic acids is 1. The predicted octanol–water partition coefficient (Wildman–Crippen LogP) is 2.41. The minimum Gasteiger partial charge on any atom is -0.497 e. The lowest BCUT2D eigenvalue weighted by atomic mass is 10.2. The standard InChI is InChI=1S/C17H18N2O4S/c1-3-11-18-24(21,22)16-6-4-5-13(12-16)17(20)19-14-7-9-15(23-2)10-8-14/h3-10,12,18H,1,11H2,2H3,(H,19,20). The predicted molar refractivity (Wildman–Crippen MR) is 92.8 cm³/mol. The average molecular weight is 346 g/mol. The van der Waals surface area contributed by atoms with Crippen molar-refractivity contribution >= 4 is 21.6 Å². The molecule has 0 saturated carbocycles. The molecule has 1 amide bonds. The van der Waals surface area contributed by atoms with Crippen LogP contribution >= 0.6 is 0 Å².